The van der Waals surface area contributed by atoms with Crippen molar-refractivity contribution in [1.29, 1.82) is 0 Å². The molecule has 0 saturated heterocycles. The Balaban J connectivity index is 1.66. The Morgan fingerprint density at radius 1 is 1.05 bits per heavy atom. The molecule has 3 nitrogen and oxygen atoms in total. The minimum absolute atomic E-state index is 0.670. The maximum atomic E-state index is 5.95. The summed E-state index contributed by atoms with van der Waals surface area (Å²) in [7, 11) is 0. The summed E-state index contributed by atoms with van der Waals surface area (Å²) in [6, 6.07) is 15.7. The van der Waals surface area contributed by atoms with Crippen molar-refractivity contribution in [2.24, 2.45) is 0 Å². The zero-order valence-corrected chi connectivity index (χ0v) is 11.0. The molecule has 0 aliphatic rings. The molecular formula is C15H13ClN2O. The Kier molecular flexibility index (Phi) is 3.49. The van der Waals surface area contributed by atoms with Gasteiger partial charge in [0.1, 0.15) is 5.69 Å². The molecule has 0 aliphatic carbocycles. The van der Waals surface area contributed by atoms with E-state index in [1.807, 2.05) is 48.5 Å². The molecule has 0 amide bonds. The lowest BCUT2D eigenvalue weighted by molar-refractivity contribution is 0.441. The highest BCUT2D eigenvalue weighted by atomic mass is 35.5. The summed E-state index contributed by atoms with van der Waals surface area (Å²) in [4.78, 5) is 0. The van der Waals surface area contributed by atoms with E-state index in [0.29, 0.717) is 6.54 Å². The summed E-state index contributed by atoms with van der Waals surface area (Å²) in [5, 5.41) is 9.24. The molecule has 0 bridgehead atoms. The Morgan fingerprint density at radius 3 is 2.84 bits per heavy atom. The maximum Gasteiger partial charge on any atom is 0.167 e. The van der Waals surface area contributed by atoms with E-state index in [9.17, 15) is 0 Å². The molecule has 0 radical (unpaired) electrons. The van der Waals surface area contributed by atoms with Crippen LogP contribution < -0.4 is 5.32 Å². The quantitative estimate of drug-likeness (QED) is 0.786. The van der Waals surface area contributed by atoms with Crippen molar-refractivity contribution in [1.82, 2.24) is 10.5 Å². The highest BCUT2D eigenvalue weighted by Crippen LogP contribution is 2.17. The summed E-state index contributed by atoms with van der Waals surface area (Å²) in [5.41, 5.74) is 2.90. The van der Waals surface area contributed by atoms with E-state index in [4.69, 9.17) is 16.1 Å². The van der Waals surface area contributed by atoms with E-state index in [1.54, 1.807) is 0 Å². The predicted molar refractivity (Wildman–Crippen MR) is 76.0 cm³/mol. The van der Waals surface area contributed by atoms with Crippen molar-refractivity contribution in [2.75, 3.05) is 0 Å². The Morgan fingerprint density at radius 2 is 1.95 bits per heavy atom. The Hall–Kier alpha value is -1.84. The number of nitrogens with zero attached hydrogens (tertiary/aromatic N) is 1. The zero-order valence-electron chi connectivity index (χ0n) is 10.3. The molecule has 96 valence electrons. The van der Waals surface area contributed by atoms with Crippen molar-refractivity contribution in [3.8, 4) is 0 Å². The highest BCUT2D eigenvalue weighted by Gasteiger charge is 2.06. The standard InChI is InChI=1S/C15H13ClN2O/c16-12-5-3-4-11(8-12)9-17-10-14-13-6-1-2-7-15(13)19-18-14/h1-8,17H,9-10H2. The van der Waals surface area contributed by atoms with Gasteiger partial charge in [0.2, 0.25) is 0 Å². The first-order valence-corrected chi connectivity index (χ1v) is 6.49. The second-order valence-corrected chi connectivity index (χ2v) is 4.80. The van der Waals surface area contributed by atoms with Gasteiger partial charge < -0.3 is 9.84 Å². The summed E-state index contributed by atoms with van der Waals surface area (Å²) >= 11 is 5.95. The largest absolute Gasteiger partial charge is 0.356 e. The van der Waals surface area contributed by atoms with E-state index >= 15 is 0 Å². The molecule has 0 fully saturated rings. The second kappa shape index (κ2) is 5.43. The number of rotatable bonds is 4. The average molecular weight is 273 g/mol. The number of aromatic nitrogens is 1. The van der Waals surface area contributed by atoms with Gasteiger partial charge in [0.05, 0.1) is 0 Å². The lowest BCUT2D eigenvalue weighted by Gasteiger charge is -2.03. The summed E-state index contributed by atoms with van der Waals surface area (Å²) in [5.74, 6) is 0. The molecule has 0 spiro atoms. The van der Waals surface area contributed by atoms with Crippen LogP contribution in [0.2, 0.25) is 5.02 Å². The Labute approximate surface area is 116 Å². The monoisotopic (exact) mass is 272 g/mol. The first-order valence-electron chi connectivity index (χ1n) is 6.11. The summed E-state index contributed by atoms with van der Waals surface area (Å²) < 4.78 is 5.26. The van der Waals surface area contributed by atoms with Gasteiger partial charge in [-0.1, -0.05) is 41.0 Å². The van der Waals surface area contributed by atoms with Crippen LogP contribution in [0.1, 0.15) is 11.3 Å². The highest BCUT2D eigenvalue weighted by molar-refractivity contribution is 6.30. The van der Waals surface area contributed by atoms with Crippen LogP contribution in [-0.2, 0) is 13.1 Å². The van der Waals surface area contributed by atoms with Crippen molar-refractivity contribution >= 4 is 22.6 Å². The van der Waals surface area contributed by atoms with E-state index in [1.165, 1.54) is 0 Å². The molecule has 0 aliphatic heterocycles. The third-order valence-corrected chi connectivity index (χ3v) is 3.20. The third-order valence-electron chi connectivity index (χ3n) is 2.96. The van der Waals surface area contributed by atoms with Gasteiger partial charge in [-0.2, -0.15) is 0 Å². The van der Waals surface area contributed by atoms with Gasteiger partial charge in [-0.15, -0.1) is 0 Å². The zero-order chi connectivity index (χ0) is 13.1. The van der Waals surface area contributed by atoms with Crippen LogP contribution in [0.15, 0.2) is 53.1 Å². The van der Waals surface area contributed by atoms with E-state index in [-0.39, 0.29) is 0 Å². The molecule has 4 heteroatoms. The van der Waals surface area contributed by atoms with Crippen LogP contribution in [0.5, 0.6) is 0 Å². The van der Waals surface area contributed by atoms with Gasteiger partial charge >= 0.3 is 0 Å². The first kappa shape index (κ1) is 12.2. The Bertz CT molecular complexity index is 693. The van der Waals surface area contributed by atoms with Crippen LogP contribution in [0.4, 0.5) is 0 Å². The number of hydrogen-bond donors (Lipinski definition) is 1. The number of para-hydroxylation sites is 1. The molecule has 2 aromatic carbocycles. The summed E-state index contributed by atoms with van der Waals surface area (Å²) in [6.07, 6.45) is 0. The van der Waals surface area contributed by atoms with Crippen molar-refractivity contribution in [3.05, 3.63) is 64.8 Å². The van der Waals surface area contributed by atoms with Gasteiger partial charge in [0.15, 0.2) is 5.58 Å². The molecule has 3 rings (SSSR count). The fourth-order valence-corrected chi connectivity index (χ4v) is 2.25. The number of hydrogen-bond acceptors (Lipinski definition) is 3. The van der Waals surface area contributed by atoms with Gasteiger partial charge in [0.25, 0.3) is 0 Å². The van der Waals surface area contributed by atoms with Crippen LogP contribution in [0, 0.1) is 0 Å². The molecule has 1 aromatic heterocycles. The maximum absolute atomic E-state index is 5.95. The second-order valence-electron chi connectivity index (χ2n) is 4.36. The van der Waals surface area contributed by atoms with Crippen LogP contribution >= 0.6 is 11.6 Å². The van der Waals surface area contributed by atoms with E-state index < -0.39 is 0 Å². The number of halogens is 1. The minimum Gasteiger partial charge on any atom is -0.356 e. The van der Waals surface area contributed by atoms with Gasteiger partial charge in [-0.3, -0.25) is 0 Å². The average Bonchev–Trinajstić information content (AvgIpc) is 2.83. The smallest absolute Gasteiger partial charge is 0.167 e. The van der Waals surface area contributed by atoms with Gasteiger partial charge in [-0.05, 0) is 29.8 Å². The summed E-state index contributed by atoms with van der Waals surface area (Å²) in [6.45, 7) is 1.42. The van der Waals surface area contributed by atoms with E-state index in [0.717, 1.165) is 33.8 Å². The van der Waals surface area contributed by atoms with Gasteiger partial charge in [0, 0.05) is 23.5 Å². The first-order chi connectivity index (χ1) is 9.33. The van der Waals surface area contributed by atoms with Gasteiger partial charge in [-0.25, -0.2) is 0 Å². The normalized spacial score (nSPS) is 11.0. The fourth-order valence-electron chi connectivity index (χ4n) is 2.04. The van der Waals surface area contributed by atoms with Crippen LogP contribution in [0.3, 0.4) is 0 Å². The van der Waals surface area contributed by atoms with Crippen molar-refractivity contribution in [3.63, 3.8) is 0 Å². The number of nitrogens with one attached hydrogen (secondary N) is 1. The lowest BCUT2D eigenvalue weighted by atomic mass is 10.2. The molecule has 1 N–H and O–H groups in total. The van der Waals surface area contributed by atoms with Crippen LogP contribution in [-0.4, -0.2) is 5.16 Å². The van der Waals surface area contributed by atoms with E-state index in [2.05, 4.69) is 10.5 Å². The third kappa shape index (κ3) is 2.78. The lowest BCUT2D eigenvalue weighted by Crippen LogP contribution is -2.13. The van der Waals surface area contributed by atoms with Crippen molar-refractivity contribution < 1.29 is 4.52 Å². The number of benzene rings is 2. The predicted octanol–water partition coefficient (Wildman–Crippen LogP) is 3.77. The topological polar surface area (TPSA) is 38.1 Å². The molecule has 0 unspecified atom stereocenters. The molecule has 19 heavy (non-hydrogen) atoms. The molecule has 0 atom stereocenters. The fraction of sp³-hybridized carbons (Fsp3) is 0.133. The molecule has 1 heterocycles. The minimum atomic E-state index is 0.670. The molecular weight excluding hydrogens is 260 g/mol. The molecule has 0 saturated carbocycles. The number of fused-ring (bicyclic) bond motifs is 1. The van der Waals surface area contributed by atoms with Crippen molar-refractivity contribution in [2.45, 2.75) is 13.1 Å². The molecule has 3 aromatic rings. The van der Waals surface area contributed by atoms with Crippen LogP contribution in [0.25, 0.3) is 11.0 Å². The SMILES string of the molecule is Clc1cccc(CNCc2noc3ccccc23)c1.